The predicted octanol–water partition coefficient (Wildman–Crippen LogP) is 2.08. The lowest BCUT2D eigenvalue weighted by Gasteiger charge is -2.06. The van der Waals surface area contributed by atoms with E-state index in [9.17, 15) is 9.59 Å². The summed E-state index contributed by atoms with van der Waals surface area (Å²) in [5.41, 5.74) is 0.595. The second-order valence-corrected chi connectivity index (χ2v) is 4.01. The number of rotatable bonds is 3. The normalized spacial score (nSPS) is 9.89. The SMILES string of the molecule is C=CCNC(=O)C(=O)Nc1ccc2ccccc2c1. The quantitative estimate of drug-likeness (QED) is 0.651. The molecule has 0 aliphatic carbocycles. The molecule has 4 nitrogen and oxygen atoms in total. The number of fused-ring (bicyclic) bond motifs is 1. The summed E-state index contributed by atoms with van der Waals surface area (Å²) in [7, 11) is 0. The van der Waals surface area contributed by atoms with Crippen LogP contribution in [0.2, 0.25) is 0 Å². The van der Waals surface area contributed by atoms with Crippen LogP contribution in [0.25, 0.3) is 10.8 Å². The minimum absolute atomic E-state index is 0.268. The van der Waals surface area contributed by atoms with Crippen LogP contribution in [0.4, 0.5) is 5.69 Å². The van der Waals surface area contributed by atoms with Gasteiger partial charge in [-0.05, 0) is 22.9 Å². The summed E-state index contributed by atoms with van der Waals surface area (Å²) in [6.07, 6.45) is 1.52. The standard InChI is InChI=1S/C15H14N2O2/c1-2-9-16-14(18)15(19)17-13-8-7-11-5-3-4-6-12(11)10-13/h2-8,10H,1,9H2,(H,16,18)(H,17,19). The largest absolute Gasteiger partial charge is 0.344 e. The van der Waals surface area contributed by atoms with Crippen LogP contribution in [0.5, 0.6) is 0 Å². The molecule has 96 valence electrons. The maximum absolute atomic E-state index is 11.6. The fourth-order valence-corrected chi connectivity index (χ4v) is 1.70. The van der Waals surface area contributed by atoms with Crippen molar-refractivity contribution < 1.29 is 9.59 Å². The summed E-state index contributed by atoms with van der Waals surface area (Å²) >= 11 is 0. The third kappa shape index (κ3) is 3.19. The van der Waals surface area contributed by atoms with Gasteiger partial charge in [0.25, 0.3) is 0 Å². The van der Waals surface area contributed by atoms with Crippen LogP contribution < -0.4 is 10.6 Å². The summed E-state index contributed by atoms with van der Waals surface area (Å²) in [5.74, 6) is -1.36. The average Bonchev–Trinajstić information content (AvgIpc) is 2.44. The van der Waals surface area contributed by atoms with Gasteiger partial charge in [-0.15, -0.1) is 6.58 Å². The second-order valence-electron chi connectivity index (χ2n) is 4.01. The first-order valence-electron chi connectivity index (χ1n) is 5.89. The van der Waals surface area contributed by atoms with Crippen LogP contribution in [0.15, 0.2) is 55.1 Å². The molecule has 2 aromatic carbocycles. The topological polar surface area (TPSA) is 58.2 Å². The first-order valence-corrected chi connectivity index (χ1v) is 5.89. The first kappa shape index (κ1) is 12.8. The van der Waals surface area contributed by atoms with Gasteiger partial charge in [0.05, 0.1) is 0 Å². The Kier molecular flexibility index (Phi) is 3.93. The van der Waals surface area contributed by atoms with Gasteiger partial charge in [0, 0.05) is 12.2 Å². The molecule has 0 aliphatic heterocycles. The van der Waals surface area contributed by atoms with E-state index in [4.69, 9.17) is 0 Å². The van der Waals surface area contributed by atoms with Crippen molar-refractivity contribution in [3.63, 3.8) is 0 Å². The van der Waals surface area contributed by atoms with Crippen LogP contribution in [-0.4, -0.2) is 18.4 Å². The fraction of sp³-hybridized carbons (Fsp3) is 0.0667. The van der Waals surface area contributed by atoms with E-state index < -0.39 is 11.8 Å². The molecule has 0 bridgehead atoms. The minimum atomic E-state index is -0.683. The molecule has 2 N–H and O–H groups in total. The van der Waals surface area contributed by atoms with Gasteiger partial charge < -0.3 is 10.6 Å². The molecule has 0 aromatic heterocycles. The van der Waals surface area contributed by atoms with Crippen molar-refractivity contribution in [3.05, 3.63) is 55.1 Å². The highest BCUT2D eigenvalue weighted by Crippen LogP contribution is 2.18. The highest BCUT2D eigenvalue weighted by atomic mass is 16.2. The van der Waals surface area contributed by atoms with E-state index in [2.05, 4.69) is 17.2 Å². The molecular formula is C15H14N2O2. The molecule has 19 heavy (non-hydrogen) atoms. The van der Waals surface area contributed by atoms with Crippen molar-refractivity contribution in [2.45, 2.75) is 0 Å². The second kappa shape index (κ2) is 5.82. The van der Waals surface area contributed by atoms with E-state index in [1.807, 2.05) is 36.4 Å². The molecule has 0 saturated carbocycles. The van der Waals surface area contributed by atoms with Gasteiger partial charge in [0.2, 0.25) is 0 Å². The number of anilines is 1. The van der Waals surface area contributed by atoms with E-state index in [0.717, 1.165) is 10.8 Å². The van der Waals surface area contributed by atoms with Gasteiger partial charge in [-0.1, -0.05) is 36.4 Å². The van der Waals surface area contributed by atoms with Crippen LogP contribution in [0.1, 0.15) is 0 Å². The zero-order valence-corrected chi connectivity index (χ0v) is 10.3. The molecule has 0 fully saturated rings. The molecule has 0 heterocycles. The summed E-state index contributed by atoms with van der Waals surface area (Å²) in [5, 5.41) is 7.06. The Balaban J connectivity index is 2.10. The first-order chi connectivity index (χ1) is 9.20. The van der Waals surface area contributed by atoms with Gasteiger partial charge >= 0.3 is 11.8 Å². The van der Waals surface area contributed by atoms with Crippen LogP contribution in [0, 0.1) is 0 Å². The van der Waals surface area contributed by atoms with Crippen LogP contribution in [-0.2, 0) is 9.59 Å². The summed E-state index contributed by atoms with van der Waals surface area (Å²) in [4.78, 5) is 23.0. The van der Waals surface area contributed by atoms with Crippen LogP contribution in [0.3, 0.4) is 0 Å². The zero-order valence-electron chi connectivity index (χ0n) is 10.3. The Hall–Kier alpha value is -2.62. The summed E-state index contributed by atoms with van der Waals surface area (Å²) < 4.78 is 0. The van der Waals surface area contributed by atoms with Crippen molar-refractivity contribution in [1.29, 1.82) is 0 Å². The van der Waals surface area contributed by atoms with E-state index in [1.165, 1.54) is 6.08 Å². The molecular weight excluding hydrogens is 240 g/mol. The van der Waals surface area contributed by atoms with Crippen molar-refractivity contribution in [1.82, 2.24) is 5.32 Å². The highest BCUT2D eigenvalue weighted by molar-refractivity contribution is 6.39. The number of carbonyl (C=O) groups excluding carboxylic acids is 2. The number of amides is 2. The fourth-order valence-electron chi connectivity index (χ4n) is 1.70. The molecule has 2 rings (SSSR count). The average molecular weight is 254 g/mol. The Morgan fingerprint density at radius 3 is 2.53 bits per heavy atom. The maximum atomic E-state index is 11.6. The lowest BCUT2D eigenvalue weighted by atomic mass is 10.1. The third-order valence-electron chi connectivity index (χ3n) is 2.62. The Morgan fingerprint density at radius 2 is 1.79 bits per heavy atom. The number of hydrogen-bond donors (Lipinski definition) is 2. The van der Waals surface area contributed by atoms with Gasteiger partial charge in [-0.25, -0.2) is 0 Å². The molecule has 2 aromatic rings. The van der Waals surface area contributed by atoms with Gasteiger partial charge in [-0.3, -0.25) is 9.59 Å². The Labute approximate surface area is 111 Å². The number of carbonyl (C=O) groups is 2. The van der Waals surface area contributed by atoms with E-state index in [-0.39, 0.29) is 6.54 Å². The monoisotopic (exact) mass is 254 g/mol. The number of hydrogen-bond acceptors (Lipinski definition) is 2. The third-order valence-corrected chi connectivity index (χ3v) is 2.62. The number of benzene rings is 2. The molecule has 0 atom stereocenters. The van der Waals surface area contributed by atoms with Crippen LogP contribution >= 0.6 is 0 Å². The lowest BCUT2D eigenvalue weighted by Crippen LogP contribution is -2.35. The van der Waals surface area contributed by atoms with Crippen molar-refractivity contribution >= 4 is 28.3 Å². The van der Waals surface area contributed by atoms with Gasteiger partial charge in [0.1, 0.15) is 0 Å². The minimum Gasteiger partial charge on any atom is -0.344 e. The highest BCUT2D eigenvalue weighted by Gasteiger charge is 2.12. The zero-order chi connectivity index (χ0) is 13.7. The van der Waals surface area contributed by atoms with Gasteiger partial charge in [-0.2, -0.15) is 0 Å². The van der Waals surface area contributed by atoms with Crippen molar-refractivity contribution in [2.24, 2.45) is 0 Å². The summed E-state index contributed by atoms with van der Waals surface area (Å²) in [6.45, 7) is 3.73. The van der Waals surface area contributed by atoms with Crippen molar-refractivity contribution in [2.75, 3.05) is 11.9 Å². The maximum Gasteiger partial charge on any atom is 0.313 e. The molecule has 4 heteroatoms. The smallest absolute Gasteiger partial charge is 0.313 e. The number of nitrogens with one attached hydrogen (secondary N) is 2. The molecule has 0 spiro atoms. The molecule has 0 unspecified atom stereocenters. The predicted molar refractivity (Wildman–Crippen MR) is 75.8 cm³/mol. The van der Waals surface area contributed by atoms with E-state index in [0.29, 0.717) is 5.69 Å². The van der Waals surface area contributed by atoms with E-state index >= 15 is 0 Å². The molecule has 0 saturated heterocycles. The summed E-state index contributed by atoms with van der Waals surface area (Å²) in [6, 6.07) is 13.3. The van der Waals surface area contributed by atoms with Crippen molar-refractivity contribution in [3.8, 4) is 0 Å². The lowest BCUT2D eigenvalue weighted by molar-refractivity contribution is -0.136. The van der Waals surface area contributed by atoms with E-state index in [1.54, 1.807) is 6.07 Å². The molecule has 2 amide bonds. The molecule has 0 radical (unpaired) electrons. The molecule has 0 aliphatic rings. The Morgan fingerprint density at radius 1 is 1.05 bits per heavy atom. The Bertz CT molecular complexity index is 635. The van der Waals surface area contributed by atoms with Gasteiger partial charge in [0.15, 0.2) is 0 Å².